The molecule has 2 aromatic rings. The summed E-state index contributed by atoms with van der Waals surface area (Å²) >= 11 is 0. The van der Waals surface area contributed by atoms with Crippen LogP contribution >= 0.6 is 0 Å². The molecule has 6 nitrogen and oxygen atoms in total. The molecule has 2 aromatic carbocycles. The second-order valence-corrected chi connectivity index (χ2v) is 8.20. The van der Waals surface area contributed by atoms with Gasteiger partial charge in [-0.25, -0.2) is 5.53 Å². The summed E-state index contributed by atoms with van der Waals surface area (Å²) < 4.78 is 5.13. The smallest absolute Gasteiger partial charge is 0.312 e. The van der Waals surface area contributed by atoms with Crippen LogP contribution in [-0.2, 0) is 16.0 Å². The van der Waals surface area contributed by atoms with Gasteiger partial charge in [-0.3, -0.25) is 4.79 Å². The van der Waals surface area contributed by atoms with E-state index < -0.39 is 11.5 Å². The Hall–Kier alpha value is -2.73. The van der Waals surface area contributed by atoms with Gasteiger partial charge in [0.25, 0.3) is 0 Å². The number of aliphatic hydroxyl groups is 1. The molecule has 0 saturated carbocycles. The van der Waals surface area contributed by atoms with Crippen LogP contribution in [0.25, 0.3) is 0 Å². The highest BCUT2D eigenvalue weighted by atomic mass is 16.5. The molecule has 0 amide bonds. The zero-order valence-electron chi connectivity index (χ0n) is 17.7. The summed E-state index contributed by atoms with van der Waals surface area (Å²) in [6.07, 6.45) is 1.11. The Balaban J connectivity index is 2.25. The number of carbonyl (C=O) groups is 1. The van der Waals surface area contributed by atoms with Crippen molar-refractivity contribution in [1.82, 2.24) is 0 Å². The summed E-state index contributed by atoms with van der Waals surface area (Å²) in [7, 11) is 3.19. The van der Waals surface area contributed by atoms with E-state index in [1.807, 2.05) is 51.1 Å². The fourth-order valence-corrected chi connectivity index (χ4v) is 4.52. The van der Waals surface area contributed by atoms with Crippen molar-refractivity contribution < 1.29 is 14.6 Å². The molecular weight excluding hydrogens is 366 g/mol. The Labute approximate surface area is 171 Å². The summed E-state index contributed by atoms with van der Waals surface area (Å²) in [5.74, 6) is -0.635. The zero-order chi connectivity index (χ0) is 21.3. The summed E-state index contributed by atoms with van der Waals surface area (Å²) in [6.45, 7) is 5.66. The molecule has 3 rings (SSSR count). The van der Waals surface area contributed by atoms with Crippen molar-refractivity contribution in [2.45, 2.75) is 45.6 Å². The quantitative estimate of drug-likeness (QED) is 0.473. The maximum absolute atomic E-state index is 12.8. The van der Waals surface area contributed by atoms with Crippen molar-refractivity contribution in [2.24, 2.45) is 10.5 Å². The molecule has 3 N–H and O–H groups in total. The lowest BCUT2D eigenvalue weighted by molar-refractivity contribution is -0.151. The maximum Gasteiger partial charge on any atom is 0.312 e. The van der Waals surface area contributed by atoms with E-state index in [-0.39, 0.29) is 11.9 Å². The van der Waals surface area contributed by atoms with Gasteiger partial charge in [0.2, 0.25) is 0 Å². The van der Waals surface area contributed by atoms with E-state index in [0.717, 1.165) is 46.3 Å². The number of hydrogen-bond donors (Lipinski definition) is 3. The Morgan fingerprint density at radius 2 is 2.07 bits per heavy atom. The third-order valence-corrected chi connectivity index (χ3v) is 6.15. The topological polar surface area (TPSA) is 94.8 Å². The SMILES string of the molecule is CNc1ccc(C(c2ccc3c(c2)C(O)CC3)C(C)(C)C(=O)OC)c(C)c1N=N. The molecule has 29 heavy (non-hydrogen) atoms. The number of fused-ring (bicyclic) bond motifs is 1. The van der Waals surface area contributed by atoms with Gasteiger partial charge in [0, 0.05) is 13.0 Å². The number of benzene rings is 2. The van der Waals surface area contributed by atoms with Crippen molar-refractivity contribution in [3.63, 3.8) is 0 Å². The van der Waals surface area contributed by atoms with Crippen LogP contribution in [0.2, 0.25) is 0 Å². The minimum absolute atomic E-state index is 0.315. The van der Waals surface area contributed by atoms with Crippen LogP contribution in [0, 0.1) is 17.9 Å². The first kappa shape index (κ1) is 21.0. The van der Waals surface area contributed by atoms with Gasteiger partial charge in [0.15, 0.2) is 0 Å². The first-order chi connectivity index (χ1) is 13.8. The Bertz CT molecular complexity index is 953. The second kappa shape index (κ2) is 7.95. The average Bonchev–Trinajstić information content (AvgIpc) is 3.08. The lowest BCUT2D eigenvalue weighted by Gasteiger charge is -2.34. The highest BCUT2D eigenvalue weighted by molar-refractivity contribution is 5.79. The number of aliphatic hydroxyl groups excluding tert-OH is 1. The molecule has 0 aliphatic heterocycles. The molecule has 0 saturated heterocycles. The third kappa shape index (κ3) is 3.53. The molecule has 0 fully saturated rings. The predicted molar refractivity (Wildman–Crippen MR) is 113 cm³/mol. The minimum atomic E-state index is -0.863. The van der Waals surface area contributed by atoms with Gasteiger partial charge in [0.1, 0.15) is 5.69 Å². The molecule has 1 aliphatic carbocycles. The van der Waals surface area contributed by atoms with E-state index in [2.05, 4.69) is 10.4 Å². The van der Waals surface area contributed by atoms with E-state index in [1.54, 1.807) is 7.05 Å². The Morgan fingerprint density at radius 1 is 1.34 bits per heavy atom. The zero-order valence-corrected chi connectivity index (χ0v) is 17.7. The number of nitrogens with zero attached hydrogens (tertiary/aromatic N) is 1. The molecule has 0 aromatic heterocycles. The molecule has 2 unspecified atom stereocenters. The number of carbonyl (C=O) groups excluding carboxylic acids is 1. The van der Waals surface area contributed by atoms with Gasteiger partial charge in [0.05, 0.1) is 24.3 Å². The molecule has 2 atom stereocenters. The second-order valence-electron chi connectivity index (χ2n) is 8.20. The molecule has 0 heterocycles. The Morgan fingerprint density at radius 3 is 2.69 bits per heavy atom. The predicted octanol–water partition coefficient (Wildman–Crippen LogP) is 5.01. The van der Waals surface area contributed by atoms with E-state index in [0.29, 0.717) is 5.69 Å². The molecule has 154 valence electrons. The average molecular weight is 396 g/mol. The molecule has 0 bridgehead atoms. The maximum atomic E-state index is 12.8. The summed E-state index contributed by atoms with van der Waals surface area (Å²) in [4.78, 5) is 12.8. The molecule has 6 heteroatoms. The molecule has 0 spiro atoms. The van der Waals surface area contributed by atoms with Gasteiger partial charge >= 0.3 is 5.97 Å². The number of ether oxygens (including phenoxy) is 1. The number of methoxy groups -OCH3 is 1. The number of hydrogen-bond acceptors (Lipinski definition) is 6. The van der Waals surface area contributed by atoms with Crippen LogP contribution in [0.3, 0.4) is 0 Å². The van der Waals surface area contributed by atoms with E-state index in [9.17, 15) is 9.90 Å². The monoisotopic (exact) mass is 395 g/mol. The highest BCUT2D eigenvalue weighted by Gasteiger charge is 2.41. The summed E-state index contributed by atoms with van der Waals surface area (Å²) in [6, 6.07) is 9.97. The van der Waals surface area contributed by atoms with Gasteiger partial charge in [-0.05, 0) is 67.5 Å². The molecule has 1 aliphatic rings. The fourth-order valence-electron chi connectivity index (χ4n) is 4.52. The highest BCUT2D eigenvalue weighted by Crippen LogP contribution is 2.47. The normalized spacial score (nSPS) is 16.8. The van der Waals surface area contributed by atoms with Crippen molar-refractivity contribution in [2.75, 3.05) is 19.5 Å². The number of nitrogens with one attached hydrogen (secondary N) is 2. The van der Waals surface area contributed by atoms with Crippen LogP contribution in [-0.4, -0.2) is 25.2 Å². The number of anilines is 1. The van der Waals surface area contributed by atoms with Crippen molar-refractivity contribution in [1.29, 1.82) is 5.53 Å². The lowest BCUT2D eigenvalue weighted by Crippen LogP contribution is -2.34. The summed E-state index contributed by atoms with van der Waals surface area (Å²) in [5.41, 5.74) is 12.9. The fraction of sp³-hybridized carbons (Fsp3) is 0.435. The molecular formula is C23H29N3O3. The van der Waals surface area contributed by atoms with E-state index in [4.69, 9.17) is 10.3 Å². The molecule has 0 radical (unpaired) electrons. The number of rotatable bonds is 6. The minimum Gasteiger partial charge on any atom is -0.469 e. The van der Waals surface area contributed by atoms with Crippen molar-refractivity contribution >= 4 is 17.3 Å². The van der Waals surface area contributed by atoms with E-state index in [1.165, 1.54) is 7.11 Å². The standard InChI is InChI=1S/C23H29N3O3/c1-13-16(9-10-18(25-4)21(13)26-24)20(23(2,3)22(28)29-5)15-7-6-14-8-11-19(27)17(14)12-15/h6-7,9-10,12,19-20,24-25,27H,8,11H2,1-5H3. The number of esters is 1. The third-order valence-electron chi connectivity index (χ3n) is 6.15. The van der Waals surface area contributed by atoms with Crippen LogP contribution in [0.1, 0.15) is 60.1 Å². The number of aryl methyl sites for hydroxylation is 1. The summed E-state index contributed by atoms with van der Waals surface area (Å²) in [5, 5.41) is 17.2. The van der Waals surface area contributed by atoms with Gasteiger partial charge < -0.3 is 15.2 Å². The van der Waals surface area contributed by atoms with Crippen LogP contribution in [0.15, 0.2) is 35.4 Å². The van der Waals surface area contributed by atoms with Gasteiger partial charge in [-0.2, -0.15) is 5.11 Å². The lowest BCUT2D eigenvalue weighted by atomic mass is 9.69. The van der Waals surface area contributed by atoms with Crippen LogP contribution < -0.4 is 5.32 Å². The van der Waals surface area contributed by atoms with Gasteiger partial charge in [-0.1, -0.05) is 24.3 Å². The van der Waals surface area contributed by atoms with Crippen molar-refractivity contribution in [3.8, 4) is 0 Å². The first-order valence-corrected chi connectivity index (χ1v) is 9.84. The largest absolute Gasteiger partial charge is 0.469 e. The van der Waals surface area contributed by atoms with Crippen LogP contribution in [0.5, 0.6) is 0 Å². The van der Waals surface area contributed by atoms with E-state index >= 15 is 0 Å². The van der Waals surface area contributed by atoms with Gasteiger partial charge in [-0.15, -0.1) is 0 Å². The van der Waals surface area contributed by atoms with Crippen LogP contribution in [0.4, 0.5) is 11.4 Å². The first-order valence-electron chi connectivity index (χ1n) is 9.84. The Kier molecular flexibility index (Phi) is 5.75. The van der Waals surface area contributed by atoms with Crippen molar-refractivity contribution in [3.05, 3.63) is 58.1 Å².